The van der Waals surface area contributed by atoms with E-state index in [-0.39, 0.29) is 0 Å². The minimum absolute atomic E-state index is 0.366. The van der Waals surface area contributed by atoms with Gasteiger partial charge < -0.3 is 10.5 Å². The molecule has 2 aliphatic rings. The highest BCUT2D eigenvalue weighted by molar-refractivity contribution is 4.92. The van der Waals surface area contributed by atoms with Crippen LogP contribution < -0.4 is 5.73 Å². The first kappa shape index (κ1) is 14.3. The molecule has 2 aliphatic carbocycles. The largest absolute Gasteiger partial charge is 0.383 e. The molecular formula is C15H30N2O. The van der Waals surface area contributed by atoms with Crippen LogP contribution in [0, 0.1) is 5.92 Å². The maximum atomic E-state index is 6.43. The lowest BCUT2D eigenvalue weighted by atomic mass is 9.99. The van der Waals surface area contributed by atoms with Crippen molar-refractivity contribution in [3.63, 3.8) is 0 Å². The second kappa shape index (κ2) is 6.88. The first-order chi connectivity index (χ1) is 8.74. The second-order valence-electron chi connectivity index (χ2n) is 6.18. The predicted octanol–water partition coefficient (Wildman–Crippen LogP) is 2.39. The molecule has 0 amide bonds. The van der Waals surface area contributed by atoms with Gasteiger partial charge >= 0.3 is 0 Å². The van der Waals surface area contributed by atoms with Gasteiger partial charge in [-0.25, -0.2) is 0 Å². The van der Waals surface area contributed by atoms with Gasteiger partial charge in [-0.1, -0.05) is 19.3 Å². The molecular weight excluding hydrogens is 224 g/mol. The van der Waals surface area contributed by atoms with Gasteiger partial charge in [0.15, 0.2) is 0 Å². The summed E-state index contributed by atoms with van der Waals surface area (Å²) in [5, 5.41) is 0. The van der Waals surface area contributed by atoms with Crippen LogP contribution in [0.5, 0.6) is 0 Å². The zero-order chi connectivity index (χ0) is 13.0. The molecule has 3 heteroatoms. The highest BCUT2D eigenvalue weighted by Crippen LogP contribution is 2.37. The molecule has 0 radical (unpaired) electrons. The summed E-state index contributed by atoms with van der Waals surface area (Å²) >= 11 is 0. The van der Waals surface area contributed by atoms with Gasteiger partial charge in [-0.15, -0.1) is 0 Å². The topological polar surface area (TPSA) is 38.5 Å². The third-order valence-electron chi connectivity index (χ3n) is 4.84. The van der Waals surface area contributed by atoms with Gasteiger partial charge in [-0.05, 0) is 38.5 Å². The summed E-state index contributed by atoms with van der Waals surface area (Å²) in [6.07, 6.45) is 9.32. The minimum Gasteiger partial charge on any atom is -0.383 e. The number of rotatable bonds is 6. The van der Waals surface area contributed by atoms with Crippen molar-refractivity contribution >= 4 is 0 Å². The summed E-state index contributed by atoms with van der Waals surface area (Å²) < 4.78 is 5.30. The number of hydrogen-bond acceptors (Lipinski definition) is 3. The maximum Gasteiger partial charge on any atom is 0.0589 e. The third-order valence-corrected chi connectivity index (χ3v) is 4.84. The van der Waals surface area contributed by atoms with E-state index in [2.05, 4.69) is 11.8 Å². The highest BCUT2D eigenvalue weighted by Gasteiger charge is 2.36. The molecule has 3 nitrogen and oxygen atoms in total. The van der Waals surface area contributed by atoms with E-state index in [0.717, 1.165) is 19.1 Å². The van der Waals surface area contributed by atoms with Gasteiger partial charge in [0.05, 0.1) is 6.61 Å². The van der Waals surface area contributed by atoms with E-state index in [4.69, 9.17) is 10.5 Å². The zero-order valence-corrected chi connectivity index (χ0v) is 12.1. The number of methoxy groups -OCH3 is 1. The molecule has 18 heavy (non-hydrogen) atoms. The van der Waals surface area contributed by atoms with Gasteiger partial charge in [0, 0.05) is 31.8 Å². The smallest absolute Gasteiger partial charge is 0.0589 e. The van der Waals surface area contributed by atoms with Crippen LogP contribution >= 0.6 is 0 Å². The average Bonchev–Trinajstić information content (AvgIpc) is 3.18. The monoisotopic (exact) mass is 254 g/mol. The standard InChI is InChI=1S/C15H30N2O/c1-12(13-8-9-13)17(10-11-18-2)15-7-5-3-4-6-14(15)16/h12-15H,3-11,16H2,1-2H3. The zero-order valence-electron chi connectivity index (χ0n) is 12.1. The Bertz CT molecular complexity index is 243. The number of nitrogens with zero attached hydrogens (tertiary/aromatic N) is 1. The van der Waals surface area contributed by atoms with Crippen LogP contribution in [0.1, 0.15) is 51.9 Å². The van der Waals surface area contributed by atoms with E-state index in [1.807, 2.05) is 0 Å². The Hall–Kier alpha value is -0.120. The van der Waals surface area contributed by atoms with E-state index in [9.17, 15) is 0 Å². The molecule has 0 saturated heterocycles. The fourth-order valence-corrected chi connectivity index (χ4v) is 3.45. The van der Waals surface area contributed by atoms with Gasteiger partial charge in [0.1, 0.15) is 0 Å². The van der Waals surface area contributed by atoms with Crippen LogP contribution in [-0.4, -0.2) is 43.3 Å². The Kier molecular flexibility index (Phi) is 5.46. The number of hydrogen-bond donors (Lipinski definition) is 1. The molecule has 2 saturated carbocycles. The molecule has 0 aromatic heterocycles. The van der Waals surface area contributed by atoms with E-state index in [1.54, 1.807) is 7.11 Å². The fraction of sp³-hybridized carbons (Fsp3) is 1.00. The van der Waals surface area contributed by atoms with Crippen LogP contribution in [0.2, 0.25) is 0 Å². The van der Waals surface area contributed by atoms with E-state index in [1.165, 1.54) is 44.9 Å². The summed E-state index contributed by atoms with van der Waals surface area (Å²) in [7, 11) is 1.80. The molecule has 3 unspecified atom stereocenters. The van der Waals surface area contributed by atoms with Crippen LogP contribution in [0.25, 0.3) is 0 Å². The predicted molar refractivity (Wildman–Crippen MR) is 75.6 cm³/mol. The van der Waals surface area contributed by atoms with Gasteiger partial charge in [-0.2, -0.15) is 0 Å². The lowest BCUT2D eigenvalue weighted by Gasteiger charge is -2.39. The van der Waals surface area contributed by atoms with Crippen LogP contribution in [0.15, 0.2) is 0 Å². The normalized spacial score (nSPS) is 31.3. The van der Waals surface area contributed by atoms with Crippen molar-refractivity contribution in [1.82, 2.24) is 4.90 Å². The van der Waals surface area contributed by atoms with Gasteiger partial charge in [0.2, 0.25) is 0 Å². The van der Waals surface area contributed by atoms with E-state index >= 15 is 0 Å². The van der Waals surface area contributed by atoms with Crippen molar-refractivity contribution in [1.29, 1.82) is 0 Å². The Morgan fingerprint density at radius 3 is 2.56 bits per heavy atom. The molecule has 0 aliphatic heterocycles. The molecule has 2 N–H and O–H groups in total. The molecule has 0 heterocycles. The number of nitrogens with two attached hydrogens (primary N) is 1. The van der Waals surface area contributed by atoms with Crippen LogP contribution in [0.4, 0.5) is 0 Å². The summed E-state index contributed by atoms with van der Waals surface area (Å²) in [6.45, 7) is 4.28. The molecule has 0 spiro atoms. The fourth-order valence-electron chi connectivity index (χ4n) is 3.45. The Balaban J connectivity index is 1.99. The van der Waals surface area contributed by atoms with Crippen molar-refractivity contribution in [2.45, 2.75) is 70.0 Å². The Morgan fingerprint density at radius 1 is 1.17 bits per heavy atom. The second-order valence-corrected chi connectivity index (χ2v) is 6.18. The van der Waals surface area contributed by atoms with Gasteiger partial charge in [0.25, 0.3) is 0 Å². The van der Waals surface area contributed by atoms with Gasteiger partial charge in [-0.3, -0.25) is 4.90 Å². The highest BCUT2D eigenvalue weighted by atomic mass is 16.5. The Labute approximate surface area is 112 Å². The van der Waals surface area contributed by atoms with E-state index in [0.29, 0.717) is 18.1 Å². The molecule has 0 aromatic carbocycles. The SMILES string of the molecule is COCCN(C(C)C1CC1)C1CCCCCC1N. The quantitative estimate of drug-likeness (QED) is 0.740. The molecule has 0 aromatic rings. The lowest BCUT2D eigenvalue weighted by Crippen LogP contribution is -2.52. The van der Waals surface area contributed by atoms with Crippen molar-refractivity contribution in [3.05, 3.63) is 0 Å². The minimum atomic E-state index is 0.366. The van der Waals surface area contributed by atoms with E-state index < -0.39 is 0 Å². The van der Waals surface area contributed by atoms with Crippen molar-refractivity contribution < 1.29 is 4.74 Å². The van der Waals surface area contributed by atoms with Crippen LogP contribution in [0.3, 0.4) is 0 Å². The molecule has 106 valence electrons. The molecule has 2 fully saturated rings. The average molecular weight is 254 g/mol. The summed E-state index contributed by atoms with van der Waals surface area (Å²) in [5.74, 6) is 0.914. The van der Waals surface area contributed by atoms with Crippen molar-refractivity contribution in [2.24, 2.45) is 11.7 Å². The molecule has 3 atom stereocenters. The molecule has 0 bridgehead atoms. The van der Waals surface area contributed by atoms with Crippen molar-refractivity contribution in [2.75, 3.05) is 20.3 Å². The van der Waals surface area contributed by atoms with Crippen molar-refractivity contribution in [3.8, 4) is 0 Å². The summed E-state index contributed by atoms with van der Waals surface area (Å²) in [4.78, 5) is 2.66. The summed E-state index contributed by atoms with van der Waals surface area (Å²) in [6, 6.07) is 1.64. The third kappa shape index (κ3) is 3.69. The maximum absolute atomic E-state index is 6.43. The number of ether oxygens (including phenoxy) is 1. The van der Waals surface area contributed by atoms with Crippen LogP contribution in [-0.2, 0) is 4.74 Å². The first-order valence-corrected chi connectivity index (χ1v) is 7.74. The molecule has 2 rings (SSSR count). The Morgan fingerprint density at radius 2 is 1.89 bits per heavy atom. The summed E-state index contributed by atoms with van der Waals surface area (Å²) in [5.41, 5.74) is 6.43. The first-order valence-electron chi connectivity index (χ1n) is 7.74. The lowest BCUT2D eigenvalue weighted by molar-refractivity contribution is 0.0669.